The Labute approximate surface area is 179 Å². The van der Waals surface area contributed by atoms with Gasteiger partial charge in [-0.2, -0.15) is 19.5 Å². The molecule has 0 aliphatic carbocycles. The minimum Gasteiger partial charge on any atom is -0.461 e. The van der Waals surface area contributed by atoms with Crippen LogP contribution in [0.1, 0.15) is 20.8 Å². The molecular formula is C19H27N9O3. The molecule has 1 aliphatic rings. The molecule has 1 atom stereocenters. The van der Waals surface area contributed by atoms with Gasteiger partial charge < -0.3 is 25.5 Å². The lowest BCUT2D eigenvalue weighted by Gasteiger charge is -2.38. The van der Waals surface area contributed by atoms with Crippen LogP contribution >= 0.6 is 0 Å². The zero-order valence-corrected chi connectivity index (χ0v) is 17.8. The van der Waals surface area contributed by atoms with Crippen molar-refractivity contribution in [3.05, 3.63) is 18.4 Å². The molecule has 31 heavy (non-hydrogen) atoms. The van der Waals surface area contributed by atoms with E-state index in [0.717, 1.165) is 0 Å². The number of anilines is 2. The van der Waals surface area contributed by atoms with Crippen molar-refractivity contribution in [2.45, 2.75) is 32.4 Å². The number of nitrogens with one attached hydrogen (secondary N) is 1. The fourth-order valence-corrected chi connectivity index (χ4v) is 3.58. The highest BCUT2D eigenvalue weighted by molar-refractivity contribution is 5.84. The molecule has 166 valence electrons. The second-order valence-electron chi connectivity index (χ2n) is 8.31. The summed E-state index contributed by atoms with van der Waals surface area (Å²) >= 11 is 0. The number of furan rings is 1. The topological polar surface area (TPSA) is 151 Å². The summed E-state index contributed by atoms with van der Waals surface area (Å²) in [5, 5.41) is 17.2. The Morgan fingerprint density at radius 1 is 1.29 bits per heavy atom. The second kappa shape index (κ2) is 8.12. The molecular weight excluding hydrogens is 402 g/mol. The highest BCUT2D eigenvalue weighted by atomic mass is 16.3. The van der Waals surface area contributed by atoms with Crippen molar-refractivity contribution < 1.29 is 14.3 Å². The van der Waals surface area contributed by atoms with Crippen molar-refractivity contribution in [3.63, 3.8) is 0 Å². The number of nitrogen functional groups attached to an aromatic ring is 1. The molecule has 0 spiro atoms. The van der Waals surface area contributed by atoms with E-state index in [9.17, 15) is 9.90 Å². The summed E-state index contributed by atoms with van der Waals surface area (Å²) in [4.78, 5) is 29.7. The Morgan fingerprint density at radius 3 is 2.68 bits per heavy atom. The molecule has 4 heterocycles. The number of nitrogens with two attached hydrogens (primary N) is 1. The number of rotatable bonds is 6. The number of hydrogen-bond acceptors (Lipinski definition) is 10. The SMILES string of the molecule is C[C@H](Nc1nc(N)n2nc(-c3ccco3)nc2n1)C(=O)N1CCN(CC(C)(C)O)CC1. The maximum absolute atomic E-state index is 12.9. The minimum atomic E-state index is -0.755. The van der Waals surface area contributed by atoms with Crippen molar-refractivity contribution in [2.24, 2.45) is 0 Å². The van der Waals surface area contributed by atoms with Gasteiger partial charge in [-0.15, -0.1) is 5.10 Å². The molecule has 0 aromatic carbocycles. The van der Waals surface area contributed by atoms with Gasteiger partial charge in [0.1, 0.15) is 6.04 Å². The molecule has 0 bridgehead atoms. The van der Waals surface area contributed by atoms with Crippen LogP contribution in [-0.2, 0) is 4.79 Å². The van der Waals surface area contributed by atoms with Crippen LogP contribution in [0.5, 0.6) is 0 Å². The first-order valence-electron chi connectivity index (χ1n) is 10.1. The second-order valence-corrected chi connectivity index (χ2v) is 8.31. The van der Waals surface area contributed by atoms with Crippen molar-refractivity contribution in [1.29, 1.82) is 0 Å². The van der Waals surface area contributed by atoms with Gasteiger partial charge >= 0.3 is 0 Å². The van der Waals surface area contributed by atoms with Crippen LogP contribution in [0.4, 0.5) is 11.9 Å². The van der Waals surface area contributed by atoms with Gasteiger partial charge in [-0.05, 0) is 32.9 Å². The van der Waals surface area contributed by atoms with Crippen LogP contribution in [0.15, 0.2) is 22.8 Å². The minimum absolute atomic E-state index is 0.0531. The fourth-order valence-electron chi connectivity index (χ4n) is 3.58. The highest BCUT2D eigenvalue weighted by Crippen LogP contribution is 2.18. The molecule has 1 saturated heterocycles. The first-order valence-corrected chi connectivity index (χ1v) is 10.1. The number of aromatic nitrogens is 5. The number of carbonyl (C=O) groups is 1. The molecule has 12 nitrogen and oxygen atoms in total. The summed E-state index contributed by atoms with van der Waals surface area (Å²) in [5.41, 5.74) is 5.25. The van der Waals surface area contributed by atoms with E-state index in [4.69, 9.17) is 10.2 Å². The summed E-state index contributed by atoms with van der Waals surface area (Å²) in [5.74, 6) is 1.33. The predicted octanol–water partition coefficient (Wildman–Crippen LogP) is 0.0770. The molecule has 1 fully saturated rings. The number of carbonyl (C=O) groups excluding carboxylic acids is 1. The number of nitrogens with zero attached hydrogens (tertiary/aromatic N) is 7. The van der Waals surface area contributed by atoms with Crippen molar-refractivity contribution >= 4 is 23.6 Å². The summed E-state index contributed by atoms with van der Waals surface area (Å²) < 4.78 is 6.62. The number of aliphatic hydroxyl groups is 1. The van der Waals surface area contributed by atoms with E-state index in [1.165, 1.54) is 10.8 Å². The van der Waals surface area contributed by atoms with Crippen molar-refractivity contribution in [3.8, 4) is 11.6 Å². The van der Waals surface area contributed by atoms with Gasteiger partial charge in [-0.3, -0.25) is 9.69 Å². The third kappa shape index (κ3) is 4.75. The lowest BCUT2D eigenvalue weighted by molar-refractivity contribution is -0.133. The van der Waals surface area contributed by atoms with Crippen molar-refractivity contribution in [1.82, 2.24) is 34.4 Å². The van der Waals surface area contributed by atoms with Crippen LogP contribution < -0.4 is 11.1 Å². The van der Waals surface area contributed by atoms with Crippen LogP contribution in [-0.4, -0.2) is 89.7 Å². The average Bonchev–Trinajstić information content (AvgIpc) is 3.36. The van der Waals surface area contributed by atoms with Gasteiger partial charge in [0.2, 0.25) is 23.6 Å². The monoisotopic (exact) mass is 429 g/mol. The molecule has 3 aromatic heterocycles. The van der Waals surface area contributed by atoms with Gasteiger partial charge in [-0.25, -0.2) is 0 Å². The number of piperazine rings is 1. The fraction of sp³-hybridized carbons (Fsp3) is 0.526. The Balaban J connectivity index is 1.41. The van der Waals surface area contributed by atoms with E-state index in [-0.39, 0.29) is 23.6 Å². The average molecular weight is 429 g/mol. The summed E-state index contributed by atoms with van der Waals surface area (Å²) in [6.45, 7) is 8.53. The molecule has 0 unspecified atom stereocenters. The molecule has 4 N–H and O–H groups in total. The third-order valence-electron chi connectivity index (χ3n) is 4.99. The maximum Gasteiger partial charge on any atom is 0.259 e. The lowest BCUT2D eigenvalue weighted by Crippen LogP contribution is -2.54. The van der Waals surface area contributed by atoms with E-state index in [2.05, 4.69) is 30.3 Å². The standard InChI is InChI=1S/C19H27N9O3/c1-12(15(29)27-8-6-26(7-9-27)11-19(2,3)30)21-17-23-16(20)28-18(24-17)22-14(25-28)13-5-4-10-31-13/h4-5,10,12,30H,6-9,11H2,1-3H3,(H3,20,21,22,23,24,25)/t12-/m0/s1. The zero-order chi connectivity index (χ0) is 22.2. The van der Waals surface area contributed by atoms with Gasteiger partial charge in [-0.1, -0.05) is 0 Å². The Bertz CT molecular complexity index is 1050. The molecule has 12 heteroatoms. The lowest BCUT2D eigenvalue weighted by atomic mass is 10.1. The van der Waals surface area contributed by atoms with Gasteiger partial charge in [0, 0.05) is 32.7 Å². The zero-order valence-electron chi connectivity index (χ0n) is 17.8. The van der Waals surface area contributed by atoms with Crippen LogP contribution in [0.3, 0.4) is 0 Å². The van der Waals surface area contributed by atoms with Gasteiger partial charge in [0.05, 0.1) is 11.9 Å². The number of fused-ring (bicyclic) bond motifs is 1. The van der Waals surface area contributed by atoms with E-state index in [1.807, 2.05) is 0 Å². The largest absolute Gasteiger partial charge is 0.461 e. The Morgan fingerprint density at radius 2 is 2.03 bits per heavy atom. The van der Waals surface area contributed by atoms with Gasteiger partial charge in [0.25, 0.3) is 5.78 Å². The number of β-amino-alcohol motifs (C(OH)–C–C–N with tert-alkyl or cyclic N) is 1. The summed E-state index contributed by atoms with van der Waals surface area (Å²) in [6, 6.07) is 2.93. The normalized spacial score (nSPS) is 16.6. The van der Waals surface area contributed by atoms with E-state index < -0.39 is 11.6 Å². The molecule has 4 rings (SSSR count). The Hall–Kier alpha value is -3.25. The quantitative estimate of drug-likeness (QED) is 0.491. The van der Waals surface area contributed by atoms with Crippen LogP contribution in [0, 0.1) is 0 Å². The molecule has 1 aliphatic heterocycles. The first-order chi connectivity index (χ1) is 14.7. The van der Waals surface area contributed by atoms with E-state index >= 15 is 0 Å². The number of amides is 1. The molecule has 0 saturated carbocycles. The number of hydrogen-bond donors (Lipinski definition) is 3. The van der Waals surface area contributed by atoms with Crippen molar-refractivity contribution in [2.75, 3.05) is 43.8 Å². The molecule has 0 radical (unpaired) electrons. The summed E-state index contributed by atoms with van der Waals surface area (Å²) in [7, 11) is 0. The van der Waals surface area contributed by atoms with E-state index in [0.29, 0.717) is 44.3 Å². The predicted molar refractivity (Wildman–Crippen MR) is 113 cm³/mol. The first kappa shape index (κ1) is 21.0. The molecule has 3 aromatic rings. The summed E-state index contributed by atoms with van der Waals surface area (Å²) in [6.07, 6.45) is 1.53. The third-order valence-corrected chi connectivity index (χ3v) is 4.99. The van der Waals surface area contributed by atoms with Crippen LogP contribution in [0.2, 0.25) is 0 Å². The molecule has 1 amide bonds. The van der Waals surface area contributed by atoms with E-state index in [1.54, 1.807) is 37.8 Å². The maximum atomic E-state index is 12.9. The van der Waals surface area contributed by atoms with Crippen LogP contribution in [0.25, 0.3) is 17.4 Å². The van der Waals surface area contributed by atoms with Gasteiger partial charge in [0.15, 0.2) is 5.76 Å². The Kier molecular flexibility index (Phi) is 5.50. The smallest absolute Gasteiger partial charge is 0.259 e. The highest BCUT2D eigenvalue weighted by Gasteiger charge is 2.28.